The number of amides is 2. The Labute approximate surface area is 170 Å². The van der Waals surface area contributed by atoms with Gasteiger partial charge in [-0.2, -0.15) is 0 Å². The number of rotatable bonds is 5. The third-order valence-corrected chi connectivity index (χ3v) is 5.04. The first kappa shape index (κ1) is 20.6. The highest BCUT2D eigenvalue weighted by atomic mass is 16.6. The quantitative estimate of drug-likeness (QED) is 0.803. The molecule has 29 heavy (non-hydrogen) atoms. The number of ether oxygens (including phenoxy) is 1. The van der Waals surface area contributed by atoms with Crippen LogP contribution in [-0.2, 0) is 4.74 Å². The van der Waals surface area contributed by atoms with Crippen molar-refractivity contribution in [2.45, 2.75) is 39.7 Å². The number of benzene rings is 1. The first-order valence-corrected chi connectivity index (χ1v) is 9.85. The van der Waals surface area contributed by atoms with Crippen molar-refractivity contribution in [3.8, 4) is 0 Å². The van der Waals surface area contributed by atoms with Gasteiger partial charge in [-0.3, -0.25) is 4.79 Å². The maximum atomic E-state index is 12.5. The minimum atomic E-state index is -0.282. The lowest BCUT2D eigenvalue weighted by Gasteiger charge is -2.31. The number of piperidine rings is 1. The van der Waals surface area contributed by atoms with Crippen LogP contribution in [0.2, 0.25) is 0 Å². The van der Waals surface area contributed by atoms with Crippen LogP contribution in [0.4, 0.5) is 16.3 Å². The topological polar surface area (TPSA) is 96.5 Å². The van der Waals surface area contributed by atoms with Crippen molar-refractivity contribution in [1.29, 1.82) is 0 Å². The van der Waals surface area contributed by atoms with Crippen molar-refractivity contribution in [3.05, 3.63) is 47.4 Å². The number of carbonyl (C=O) groups is 2. The maximum absolute atomic E-state index is 12.5. The Morgan fingerprint density at radius 3 is 2.59 bits per heavy atom. The number of hydrogen-bond donors (Lipinski definition) is 2. The van der Waals surface area contributed by atoms with E-state index in [1.165, 1.54) is 11.9 Å². The van der Waals surface area contributed by atoms with Crippen molar-refractivity contribution < 1.29 is 14.3 Å². The normalized spacial score (nSPS) is 14.4. The summed E-state index contributed by atoms with van der Waals surface area (Å²) in [7, 11) is 0. The van der Waals surface area contributed by atoms with Gasteiger partial charge in [-0.15, -0.1) is 0 Å². The van der Waals surface area contributed by atoms with Crippen LogP contribution < -0.4 is 10.6 Å². The molecule has 1 aromatic carbocycles. The zero-order valence-electron chi connectivity index (χ0n) is 17.1. The second-order valence-corrected chi connectivity index (χ2v) is 7.15. The van der Waals surface area contributed by atoms with Gasteiger partial charge in [0.1, 0.15) is 17.8 Å². The minimum Gasteiger partial charge on any atom is -0.450 e. The summed E-state index contributed by atoms with van der Waals surface area (Å²) in [6.07, 6.45) is 2.68. The van der Waals surface area contributed by atoms with Crippen LogP contribution in [0.1, 0.15) is 41.4 Å². The Kier molecular flexibility index (Phi) is 6.64. The van der Waals surface area contributed by atoms with Gasteiger partial charge in [-0.1, -0.05) is 6.07 Å². The highest BCUT2D eigenvalue weighted by Crippen LogP contribution is 2.18. The summed E-state index contributed by atoms with van der Waals surface area (Å²) < 4.78 is 5.04. The second-order valence-electron chi connectivity index (χ2n) is 7.15. The third kappa shape index (κ3) is 5.43. The van der Waals surface area contributed by atoms with Gasteiger partial charge >= 0.3 is 6.09 Å². The number of aryl methyl sites for hydroxylation is 2. The molecule has 8 nitrogen and oxygen atoms in total. The van der Waals surface area contributed by atoms with E-state index < -0.39 is 0 Å². The van der Waals surface area contributed by atoms with Crippen LogP contribution in [-0.4, -0.2) is 52.6 Å². The van der Waals surface area contributed by atoms with Crippen LogP contribution in [0.3, 0.4) is 0 Å². The third-order valence-electron chi connectivity index (χ3n) is 5.04. The van der Waals surface area contributed by atoms with Crippen LogP contribution in [0.15, 0.2) is 30.6 Å². The van der Waals surface area contributed by atoms with E-state index in [0.717, 1.165) is 24.1 Å². The van der Waals surface area contributed by atoms with Crippen molar-refractivity contribution in [1.82, 2.24) is 14.9 Å². The lowest BCUT2D eigenvalue weighted by molar-refractivity contribution is 0.0980. The molecule has 3 rings (SSSR count). The molecule has 8 heteroatoms. The van der Waals surface area contributed by atoms with Crippen LogP contribution in [0, 0.1) is 13.8 Å². The fourth-order valence-corrected chi connectivity index (χ4v) is 3.21. The number of carbonyl (C=O) groups excluding carboxylic acids is 2. The van der Waals surface area contributed by atoms with Crippen molar-refractivity contribution in [2.75, 3.05) is 30.3 Å². The van der Waals surface area contributed by atoms with Gasteiger partial charge in [0.15, 0.2) is 0 Å². The number of hydrogen-bond acceptors (Lipinski definition) is 6. The molecular formula is C21H27N5O3. The predicted octanol–water partition coefficient (Wildman–Crippen LogP) is 3.38. The van der Waals surface area contributed by atoms with Gasteiger partial charge in [0.25, 0.3) is 5.91 Å². The first-order chi connectivity index (χ1) is 14.0. The molecule has 0 saturated carbocycles. The predicted molar refractivity (Wildman–Crippen MR) is 111 cm³/mol. The molecule has 1 aromatic heterocycles. The molecule has 1 aliphatic heterocycles. The summed E-state index contributed by atoms with van der Waals surface area (Å²) >= 11 is 0. The van der Waals surface area contributed by atoms with E-state index >= 15 is 0 Å². The van der Waals surface area contributed by atoms with Gasteiger partial charge in [0.2, 0.25) is 0 Å². The Balaban J connectivity index is 1.57. The smallest absolute Gasteiger partial charge is 0.409 e. The Bertz CT molecular complexity index is 878. The fraction of sp³-hybridized carbons (Fsp3) is 0.429. The van der Waals surface area contributed by atoms with Crippen molar-refractivity contribution in [3.63, 3.8) is 0 Å². The summed E-state index contributed by atoms with van der Waals surface area (Å²) in [5, 5.41) is 6.21. The molecule has 2 amide bonds. The zero-order valence-corrected chi connectivity index (χ0v) is 17.1. The summed E-state index contributed by atoms with van der Waals surface area (Å²) in [4.78, 5) is 34.4. The second kappa shape index (κ2) is 9.36. The molecule has 2 aromatic rings. The van der Waals surface area contributed by atoms with Gasteiger partial charge in [-0.05, 0) is 56.9 Å². The Morgan fingerprint density at radius 2 is 1.90 bits per heavy atom. The van der Waals surface area contributed by atoms with Crippen molar-refractivity contribution in [2.24, 2.45) is 0 Å². The number of anilines is 2. The minimum absolute atomic E-state index is 0.172. The monoisotopic (exact) mass is 397 g/mol. The molecule has 0 atom stereocenters. The van der Waals surface area contributed by atoms with Crippen LogP contribution >= 0.6 is 0 Å². The van der Waals surface area contributed by atoms with Crippen LogP contribution in [0.5, 0.6) is 0 Å². The van der Waals surface area contributed by atoms with Gasteiger partial charge in [0.05, 0.1) is 6.61 Å². The van der Waals surface area contributed by atoms with E-state index in [0.29, 0.717) is 31.2 Å². The van der Waals surface area contributed by atoms with Gasteiger partial charge < -0.3 is 20.3 Å². The summed E-state index contributed by atoms with van der Waals surface area (Å²) in [6.45, 7) is 7.47. The van der Waals surface area contributed by atoms with E-state index in [9.17, 15) is 9.59 Å². The molecule has 0 bridgehead atoms. The first-order valence-electron chi connectivity index (χ1n) is 9.85. The van der Waals surface area contributed by atoms with E-state index in [2.05, 4.69) is 20.6 Å². The molecule has 0 spiro atoms. The molecule has 1 aliphatic rings. The largest absolute Gasteiger partial charge is 0.450 e. The van der Waals surface area contributed by atoms with E-state index in [-0.39, 0.29) is 18.0 Å². The number of nitrogens with one attached hydrogen (secondary N) is 2. The molecule has 1 saturated heterocycles. The van der Waals surface area contributed by atoms with Gasteiger partial charge in [-0.25, -0.2) is 14.8 Å². The summed E-state index contributed by atoms with van der Waals surface area (Å²) in [6, 6.07) is 7.60. The van der Waals surface area contributed by atoms with Crippen LogP contribution in [0.25, 0.3) is 0 Å². The molecular weight excluding hydrogens is 370 g/mol. The lowest BCUT2D eigenvalue weighted by Crippen LogP contribution is -2.42. The molecule has 0 aliphatic carbocycles. The number of aromatic nitrogens is 2. The van der Waals surface area contributed by atoms with E-state index in [1.807, 2.05) is 32.0 Å². The molecule has 2 N–H and O–H groups in total. The maximum Gasteiger partial charge on any atom is 0.409 e. The standard InChI is InChI=1S/C21H27N5O3/c1-4-29-21(28)26-9-7-16(8-10-26)24-19-12-18(22-13-23-19)20(27)25-17-6-5-14(2)15(3)11-17/h5-6,11-13,16H,4,7-10H2,1-3H3,(H,25,27)(H,22,23,24). The average molecular weight is 397 g/mol. The average Bonchev–Trinajstić information content (AvgIpc) is 2.72. The molecule has 0 unspecified atom stereocenters. The highest BCUT2D eigenvalue weighted by molar-refractivity contribution is 6.03. The lowest BCUT2D eigenvalue weighted by atomic mass is 10.1. The fourth-order valence-electron chi connectivity index (χ4n) is 3.21. The Morgan fingerprint density at radius 1 is 1.14 bits per heavy atom. The molecule has 2 heterocycles. The SMILES string of the molecule is CCOC(=O)N1CCC(Nc2cc(C(=O)Nc3ccc(C)c(C)c3)ncn2)CC1. The molecule has 154 valence electrons. The molecule has 1 fully saturated rings. The highest BCUT2D eigenvalue weighted by Gasteiger charge is 2.24. The zero-order chi connectivity index (χ0) is 20.8. The molecule has 0 radical (unpaired) electrons. The van der Waals surface area contributed by atoms with E-state index in [4.69, 9.17) is 4.74 Å². The van der Waals surface area contributed by atoms with E-state index in [1.54, 1.807) is 17.9 Å². The summed E-state index contributed by atoms with van der Waals surface area (Å²) in [5.41, 5.74) is 3.31. The summed E-state index contributed by atoms with van der Waals surface area (Å²) in [5.74, 6) is 0.315. The van der Waals surface area contributed by atoms with Crippen molar-refractivity contribution >= 4 is 23.5 Å². The van der Waals surface area contributed by atoms with Gasteiger partial charge in [0, 0.05) is 30.9 Å². The number of nitrogens with zero attached hydrogens (tertiary/aromatic N) is 3. The number of likely N-dealkylation sites (tertiary alicyclic amines) is 1. The Hall–Kier alpha value is -3.16.